The number of nitrogens with two attached hydrogens (primary N) is 1. The van der Waals surface area contributed by atoms with Gasteiger partial charge in [0.25, 0.3) is 0 Å². The summed E-state index contributed by atoms with van der Waals surface area (Å²) in [5.41, 5.74) is 6.65. The average Bonchev–Trinajstić information content (AvgIpc) is 2.04. The zero-order valence-electron chi connectivity index (χ0n) is 6.94. The predicted molar refractivity (Wildman–Crippen MR) is 52.3 cm³/mol. The predicted octanol–water partition coefficient (Wildman–Crippen LogP) is 1.36. The number of aliphatic hydroxyl groups is 1. The third kappa shape index (κ3) is 2.24. The molecule has 2 atom stereocenters. The van der Waals surface area contributed by atoms with Gasteiger partial charge in [0.2, 0.25) is 0 Å². The van der Waals surface area contributed by atoms with Crippen molar-refractivity contribution in [2.45, 2.75) is 24.0 Å². The highest BCUT2D eigenvalue weighted by atomic mass is 32.1. The minimum Gasteiger partial charge on any atom is -0.391 e. The van der Waals surface area contributed by atoms with Gasteiger partial charge in [-0.2, -0.15) is 0 Å². The first-order valence-electron chi connectivity index (χ1n) is 3.84. The normalized spacial score (nSPS) is 15.7. The van der Waals surface area contributed by atoms with Gasteiger partial charge in [-0.25, -0.2) is 0 Å². The quantitative estimate of drug-likeness (QED) is 0.606. The van der Waals surface area contributed by atoms with Crippen LogP contribution >= 0.6 is 12.6 Å². The van der Waals surface area contributed by atoms with Crippen LogP contribution in [0.15, 0.2) is 29.2 Å². The molecule has 0 amide bonds. The maximum absolute atomic E-state index is 9.20. The molecule has 0 aliphatic rings. The van der Waals surface area contributed by atoms with Crippen molar-refractivity contribution in [3.63, 3.8) is 0 Å². The van der Waals surface area contributed by atoms with E-state index in [1.54, 1.807) is 6.92 Å². The molecule has 0 aromatic heterocycles. The van der Waals surface area contributed by atoms with Gasteiger partial charge in [0, 0.05) is 4.90 Å². The van der Waals surface area contributed by atoms with E-state index >= 15 is 0 Å². The van der Waals surface area contributed by atoms with Crippen molar-refractivity contribution >= 4 is 12.6 Å². The monoisotopic (exact) mass is 183 g/mol. The Morgan fingerprint density at radius 2 is 1.83 bits per heavy atom. The Labute approximate surface area is 77.8 Å². The molecule has 1 unspecified atom stereocenters. The molecule has 12 heavy (non-hydrogen) atoms. The van der Waals surface area contributed by atoms with Crippen molar-refractivity contribution in [2.75, 3.05) is 0 Å². The lowest BCUT2D eigenvalue weighted by molar-refractivity contribution is 0.164. The van der Waals surface area contributed by atoms with Crippen LogP contribution in [0.4, 0.5) is 0 Å². The summed E-state index contributed by atoms with van der Waals surface area (Å²) in [5.74, 6) is 0. The van der Waals surface area contributed by atoms with Crippen LogP contribution in [0.5, 0.6) is 0 Å². The molecule has 0 heterocycles. The van der Waals surface area contributed by atoms with E-state index in [0.717, 1.165) is 10.5 Å². The van der Waals surface area contributed by atoms with Crippen molar-refractivity contribution in [3.05, 3.63) is 29.8 Å². The van der Waals surface area contributed by atoms with Crippen LogP contribution in [0.3, 0.4) is 0 Å². The molecule has 66 valence electrons. The van der Waals surface area contributed by atoms with Crippen LogP contribution in [0, 0.1) is 0 Å². The van der Waals surface area contributed by atoms with Gasteiger partial charge in [-0.05, 0) is 24.6 Å². The van der Waals surface area contributed by atoms with E-state index < -0.39 is 6.10 Å². The molecule has 2 nitrogen and oxygen atoms in total. The van der Waals surface area contributed by atoms with Crippen LogP contribution < -0.4 is 5.73 Å². The highest BCUT2D eigenvalue weighted by molar-refractivity contribution is 7.80. The van der Waals surface area contributed by atoms with Crippen LogP contribution in [0.25, 0.3) is 0 Å². The number of benzene rings is 1. The number of rotatable bonds is 2. The molecular weight excluding hydrogens is 170 g/mol. The molecule has 0 aliphatic carbocycles. The summed E-state index contributed by atoms with van der Waals surface area (Å²) in [7, 11) is 0. The fourth-order valence-electron chi connectivity index (χ4n) is 0.975. The molecule has 0 saturated carbocycles. The van der Waals surface area contributed by atoms with Gasteiger partial charge in [-0.15, -0.1) is 12.6 Å². The smallest absolute Gasteiger partial charge is 0.0704 e. The molecule has 1 rings (SSSR count). The molecule has 0 radical (unpaired) electrons. The van der Waals surface area contributed by atoms with Gasteiger partial charge in [0.1, 0.15) is 0 Å². The topological polar surface area (TPSA) is 46.2 Å². The number of thiol groups is 1. The Morgan fingerprint density at radius 1 is 1.33 bits per heavy atom. The largest absolute Gasteiger partial charge is 0.391 e. The second-order valence-corrected chi connectivity index (χ2v) is 3.37. The van der Waals surface area contributed by atoms with E-state index in [1.807, 2.05) is 24.3 Å². The van der Waals surface area contributed by atoms with E-state index in [0.29, 0.717) is 0 Å². The summed E-state index contributed by atoms with van der Waals surface area (Å²) in [6, 6.07) is 7.17. The summed E-state index contributed by atoms with van der Waals surface area (Å²) in [5, 5.41) is 9.20. The number of aliphatic hydroxyl groups excluding tert-OH is 1. The minimum absolute atomic E-state index is 0.307. The minimum atomic E-state index is -0.518. The molecule has 0 saturated heterocycles. The summed E-state index contributed by atoms with van der Waals surface area (Å²) in [6.07, 6.45) is -0.518. The van der Waals surface area contributed by atoms with Crippen LogP contribution in [-0.4, -0.2) is 11.2 Å². The fourth-order valence-corrected chi connectivity index (χ4v) is 1.12. The first-order chi connectivity index (χ1) is 5.61. The third-order valence-electron chi connectivity index (χ3n) is 1.80. The van der Waals surface area contributed by atoms with E-state index in [-0.39, 0.29) is 6.04 Å². The second kappa shape index (κ2) is 3.94. The van der Waals surface area contributed by atoms with Gasteiger partial charge in [-0.1, -0.05) is 12.1 Å². The van der Waals surface area contributed by atoms with E-state index in [1.165, 1.54) is 0 Å². The summed E-state index contributed by atoms with van der Waals surface area (Å²) < 4.78 is 0. The molecular formula is C9H13NOS. The average molecular weight is 183 g/mol. The Morgan fingerprint density at radius 3 is 2.25 bits per heavy atom. The third-order valence-corrected chi connectivity index (χ3v) is 2.10. The zero-order chi connectivity index (χ0) is 9.14. The molecule has 1 aromatic carbocycles. The first kappa shape index (κ1) is 9.58. The number of hydrogen-bond donors (Lipinski definition) is 3. The molecule has 1 aromatic rings. The summed E-state index contributed by atoms with van der Waals surface area (Å²) in [4.78, 5) is 0.900. The first-order valence-corrected chi connectivity index (χ1v) is 4.28. The number of hydrogen-bond acceptors (Lipinski definition) is 3. The fraction of sp³-hybridized carbons (Fsp3) is 0.333. The van der Waals surface area contributed by atoms with Crippen LogP contribution in [-0.2, 0) is 0 Å². The summed E-state index contributed by atoms with van der Waals surface area (Å²) in [6.45, 7) is 1.68. The van der Waals surface area contributed by atoms with Crippen molar-refractivity contribution in [1.82, 2.24) is 0 Å². The van der Waals surface area contributed by atoms with Gasteiger partial charge in [0.05, 0.1) is 12.1 Å². The molecule has 3 N–H and O–H groups in total. The van der Waals surface area contributed by atoms with Crippen molar-refractivity contribution < 1.29 is 5.11 Å². The van der Waals surface area contributed by atoms with Crippen molar-refractivity contribution in [1.29, 1.82) is 0 Å². The maximum Gasteiger partial charge on any atom is 0.0704 e. The SMILES string of the molecule is CC(O)[C@@H](N)c1ccc(S)cc1. The van der Waals surface area contributed by atoms with E-state index in [4.69, 9.17) is 5.73 Å². The molecule has 3 heteroatoms. The van der Waals surface area contributed by atoms with Gasteiger partial charge in [0.15, 0.2) is 0 Å². The highest BCUT2D eigenvalue weighted by Crippen LogP contribution is 2.15. The maximum atomic E-state index is 9.20. The lowest BCUT2D eigenvalue weighted by atomic mass is 10.0. The molecule has 0 fully saturated rings. The van der Waals surface area contributed by atoms with Gasteiger partial charge < -0.3 is 10.8 Å². The summed E-state index contributed by atoms with van der Waals surface area (Å²) >= 11 is 4.15. The molecule has 0 aliphatic heterocycles. The standard InChI is InChI=1S/C9H13NOS/c1-6(11)9(10)7-2-4-8(12)5-3-7/h2-6,9,11-12H,10H2,1H3/t6?,9-/m1/s1. The Kier molecular flexibility index (Phi) is 3.14. The van der Waals surface area contributed by atoms with Crippen molar-refractivity contribution in [3.8, 4) is 0 Å². The van der Waals surface area contributed by atoms with E-state index in [2.05, 4.69) is 12.6 Å². The van der Waals surface area contributed by atoms with Crippen LogP contribution in [0.2, 0.25) is 0 Å². The molecule has 0 spiro atoms. The second-order valence-electron chi connectivity index (χ2n) is 2.86. The Hall–Kier alpha value is -0.510. The Balaban J connectivity index is 2.82. The van der Waals surface area contributed by atoms with E-state index in [9.17, 15) is 5.11 Å². The van der Waals surface area contributed by atoms with Gasteiger partial charge in [-0.3, -0.25) is 0 Å². The lowest BCUT2D eigenvalue weighted by Gasteiger charge is -2.14. The lowest BCUT2D eigenvalue weighted by Crippen LogP contribution is -2.22. The van der Waals surface area contributed by atoms with Gasteiger partial charge >= 0.3 is 0 Å². The highest BCUT2D eigenvalue weighted by Gasteiger charge is 2.10. The molecule has 0 bridgehead atoms. The zero-order valence-corrected chi connectivity index (χ0v) is 7.83. The Bertz CT molecular complexity index is 245. The van der Waals surface area contributed by atoms with Crippen LogP contribution in [0.1, 0.15) is 18.5 Å². The van der Waals surface area contributed by atoms with Crippen molar-refractivity contribution in [2.24, 2.45) is 5.73 Å².